The van der Waals surface area contributed by atoms with Gasteiger partial charge in [-0.2, -0.15) is 13.2 Å². The summed E-state index contributed by atoms with van der Waals surface area (Å²) in [5.74, 6) is -3.24. The highest BCUT2D eigenvalue weighted by molar-refractivity contribution is 7.93. The van der Waals surface area contributed by atoms with Crippen molar-refractivity contribution in [1.82, 2.24) is 3.97 Å². The van der Waals surface area contributed by atoms with Gasteiger partial charge in [0.25, 0.3) is 10.0 Å². The summed E-state index contributed by atoms with van der Waals surface area (Å²) in [4.78, 5) is -0.598. The van der Waals surface area contributed by atoms with Crippen LogP contribution in [0, 0.1) is 17.6 Å². The summed E-state index contributed by atoms with van der Waals surface area (Å²) in [6, 6.07) is 0.856. The highest BCUT2D eigenvalue weighted by Crippen LogP contribution is 2.40. The van der Waals surface area contributed by atoms with Gasteiger partial charge in [0, 0.05) is 18.5 Å². The maximum atomic E-state index is 14.1. The second kappa shape index (κ2) is 8.47. The average Bonchev–Trinajstić information content (AvgIpc) is 3.20. The van der Waals surface area contributed by atoms with E-state index in [0.717, 1.165) is 47.3 Å². The second-order valence-corrected chi connectivity index (χ2v) is 12.8. The van der Waals surface area contributed by atoms with Crippen molar-refractivity contribution >= 4 is 25.7 Å². The van der Waals surface area contributed by atoms with E-state index in [4.69, 9.17) is 0 Å². The van der Waals surface area contributed by atoms with E-state index >= 15 is 0 Å². The fourth-order valence-corrected chi connectivity index (χ4v) is 6.69. The van der Waals surface area contributed by atoms with Gasteiger partial charge >= 0.3 is 6.18 Å². The first-order valence-electron chi connectivity index (χ1n) is 10.6. The van der Waals surface area contributed by atoms with Crippen LogP contribution in [0.5, 0.6) is 0 Å². The highest BCUT2D eigenvalue weighted by atomic mass is 32.2. The quantitative estimate of drug-likeness (QED) is 0.514. The van der Waals surface area contributed by atoms with Gasteiger partial charge in [0.2, 0.25) is 10.0 Å². The molecule has 2 aliphatic rings. The van der Waals surface area contributed by atoms with Crippen molar-refractivity contribution in [2.24, 2.45) is 5.92 Å². The van der Waals surface area contributed by atoms with Gasteiger partial charge in [0.15, 0.2) is 0 Å². The summed E-state index contributed by atoms with van der Waals surface area (Å²) in [5, 5.41) is 0. The molecular weight excluding hydrogens is 515 g/mol. The molecule has 0 amide bonds. The normalized spacial score (nSPS) is 21.5. The third-order valence-corrected chi connectivity index (χ3v) is 9.90. The first-order chi connectivity index (χ1) is 16.1. The number of hydrogen-bond donors (Lipinski definition) is 1. The monoisotopic (exact) mass is 536 g/mol. The van der Waals surface area contributed by atoms with Crippen LogP contribution in [0.3, 0.4) is 0 Å². The molecule has 1 aromatic carbocycles. The molecule has 1 saturated carbocycles. The Kier molecular flexibility index (Phi) is 6.15. The number of halogens is 5. The van der Waals surface area contributed by atoms with Gasteiger partial charge in [0.1, 0.15) is 21.3 Å². The van der Waals surface area contributed by atoms with E-state index in [1.165, 1.54) is 6.92 Å². The zero-order valence-corrected chi connectivity index (χ0v) is 19.9. The standard InChI is InChI=1S/C22H21F5N2O4S2/c1-21(8-3-6-15(12-21)14-4-2-5-14)35(32,33)29-9-7-16(13-29)34(30,31)28-20-11-18(23)17(10-19(20)24)22(25,26)27/h3,6-7,9-14,28H,2,4-5,8H2,1H3. The molecule has 1 atom stereocenters. The van der Waals surface area contributed by atoms with Crippen molar-refractivity contribution in [2.75, 3.05) is 4.72 Å². The maximum Gasteiger partial charge on any atom is 0.419 e. The molecule has 4 rings (SSSR count). The third kappa shape index (κ3) is 4.63. The Morgan fingerprint density at radius 1 is 1.09 bits per heavy atom. The number of aromatic nitrogens is 1. The Balaban J connectivity index is 1.62. The first kappa shape index (κ1) is 25.4. The fraction of sp³-hybridized carbons (Fsp3) is 0.364. The zero-order chi connectivity index (χ0) is 25.8. The number of benzene rings is 1. The van der Waals surface area contributed by atoms with E-state index in [-0.39, 0.29) is 24.5 Å². The van der Waals surface area contributed by atoms with Crippen LogP contribution in [0.4, 0.5) is 27.6 Å². The Labute approximate surface area is 199 Å². The topological polar surface area (TPSA) is 85.2 Å². The van der Waals surface area contributed by atoms with Gasteiger partial charge in [-0.25, -0.2) is 25.6 Å². The molecule has 35 heavy (non-hydrogen) atoms. The van der Waals surface area contributed by atoms with Crippen LogP contribution < -0.4 is 4.72 Å². The number of sulfonamides is 1. The molecule has 0 spiro atoms. The van der Waals surface area contributed by atoms with E-state index < -0.39 is 58.8 Å². The molecular formula is C22H21F5N2O4S2. The smallest absolute Gasteiger partial charge is 0.276 e. The van der Waals surface area contributed by atoms with Crippen LogP contribution >= 0.6 is 0 Å². The summed E-state index contributed by atoms with van der Waals surface area (Å²) >= 11 is 0. The summed E-state index contributed by atoms with van der Waals surface area (Å²) in [5.41, 5.74) is -2.03. The van der Waals surface area contributed by atoms with Gasteiger partial charge < -0.3 is 0 Å². The Morgan fingerprint density at radius 3 is 2.37 bits per heavy atom. The Bertz CT molecular complexity index is 1440. The minimum atomic E-state index is -5.18. The molecule has 0 aliphatic heterocycles. The molecule has 190 valence electrons. The number of nitrogens with one attached hydrogen (secondary N) is 1. The van der Waals surface area contributed by atoms with Crippen molar-refractivity contribution in [3.05, 3.63) is 71.6 Å². The van der Waals surface area contributed by atoms with E-state index in [2.05, 4.69) is 0 Å². The van der Waals surface area contributed by atoms with Gasteiger partial charge in [-0.3, -0.25) is 8.69 Å². The molecule has 13 heteroatoms. The third-order valence-electron chi connectivity index (χ3n) is 6.31. The molecule has 0 saturated heterocycles. The summed E-state index contributed by atoms with van der Waals surface area (Å²) in [6.07, 6.45) is 5.13. The lowest BCUT2D eigenvalue weighted by Crippen LogP contribution is -2.39. The van der Waals surface area contributed by atoms with Crippen LogP contribution in [0.1, 0.15) is 38.2 Å². The number of hydrogen-bond acceptors (Lipinski definition) is 4. The average molecular weight is 537 g/mol. The highest BCUT2D eigenvalue weighted by Gasteiger charge is 2.41. The lowest BCUT2D eigenvalue weighted by Gasteiger charge is -2.34. The molecule has 2 aliphatic carbocycles. The van der Waals surface area contributed by atoms with Crippen molar-refractivity contribution in [3.63, 3.8) is 0 Å². The number of nitrogens with zero attached hydrogens (tertiary/aromatic N) is 1. The van der Waals surface area contributed by atoms with Crippen molar-refractivity contribution in [2.45, 2.75) is 48.4 Å². The van der Waals surface area contributed by atoms with Gasteiger partial charge in [-0.15, -0.1) is 0 Å². The second-order valence-electron chi connectivity index (χ2n) is 8.79. The van der Waals surface area contributed by atoms with Crippen LogP contribution in [0.2, 0.25) is 0 Å². The molecule has 1 N–H and O–H groups in total. The zero-order valence-electron chi connectivity index (χ0n) is 18.3. The first-order valence-corrected chi connectivity index (χ1v) is 13.5. The van der Waals surface area contributed by atoms with Crippen LogP contribution in [-0.2, 0) is 26.2 Å². The number of anilines is 1. The number of rotatable bonds is 6. The van der Waals surface area contributed by atoms with E-state index in [1.807, 2.05) is 6.08 Å². The molecule has 1 heterocycles. The number of alkyl halides is 3. The minimum Gasteiger partial charge on any atom is -0.276 e. The van der Waals surface area contributed by atoms with Crippen molar-refractivity contribution in [1.29, 1.82) is 0 Å². The van der Waals surface area contributed by atoms with Crippen LogP contribution in [0.25, 0.3) is 0 Å². The number of allylic oxidation sites excluding steroid dienone is 3. The predicted octanol–water partition coefficient (Wildman–Crippen LogP) is 5.21. The largest absolute Gasteiger partial charge is 0.419 e. The van der Waals surface area contributed by atoms with Crippen molar-refractivity contribution < 1.29 is 38.8 Å². The lowest BCUT2D eigenvalue weighted by atomic mass is 9.77. The molecule has 6 nitrogen and oxygen atoms in total. The molecule has 0 bridgehead atoms. The van der Waals surface area contributed by atoms with Gasteiger partial charge in [-0.1, -0.05) is 24.6 Å². The van der Waals surface area contributed by atoms with Gasteiger partial charge in [0.05, 0.1) is 11.3 Å². The molecule has 0 radical (unpaired) electrons. The van der Waals surface area contributed by atoms with E-state index in [0.29, 0.717) is 0 Å². The van der Waals surface area contributed by atoms with Crippen LogP contribution in [-0.4, -0.2) is 25.6 Å². The van der Waals surface area contributed by atoms with Crippen LogP contribution in [0.15, 0.2) is 59.3 Å². The van der Waals surface area contributed by atoms with E-state index in [1.54, 1.807) is 16.9 Å². The van der Waals surface area contributed by atoms with Crippen molar-refractivity contribution in [3.8, 4) is 0 Å². The minimum absolute atomic E-state index is 0.0750. The molecule has 1 aromatic heterocycles. The SMILES string of the molecule is CC1(S(=O)(=O)n2ccc(S(=O)(=O)Nc3cc(F)c(C(F)(F)F)cc3F)c2)C=C(C2CCC2)C=CC1. The Hall–Kier alpha value is -2.67. The molecule has 1 unspecified atom stereocenters. The Morgan fingerprint density at radius 2 is 1.77 bits per heavy atom. The predicted molar refractivity (Wildman–Crippen MR) is 119 cm³/mol. The molecule has 1 fully saturated rings. The molecule has 2 aromatic rings. The lowest BCUT2D eigenvalue weighted by molar-refractivity contribution is -0.140. The van der Waals surface area contributed by atoms with Gasteiger partial charge in [-0.05, 0) is 49.8 Å². The maximum absolute atomic E-state index is 14.1. The van der Waals surface area contributed by atoms with E-state index in [9.17, 15) is 38.8 Å². The summed E-state index contributed by atoms with van der Waals surface area (Å²) in [6.45, 7) is 1.53. The summed E-state index contributed by atoms with van der Waals surface area (Å²) in [7, 11) is -8.79. The summed E-state index contributed by atoms with van der Waals surface area (Å²) < 4.78 is 119. The fourth-order valence-electron chi connectivity index (χ4n) is 4.02.